The maximum absolute atomic E-state index is 11.3. The molecule has 0 fully saturated rings. The lowest BCUT2D eigenvalue weighted by Crippen LogP contribution is -1.98. The number of halogens is 2. The number of Topliss-reactive ketones (excluding diaryl/α,β-unsaturated/α-hetero) is 1. The second-order valence-electron chi connectivity index (χ2n) is 2.37. The number of rotatable bonds is 3. The summed E-state index contributed by atoms with van der Waals surface area (Å²) in [6.07, 6.45) is 0.599. The highest BCUT2D eigenvalue weighted by Crippen LogP contribution is 2.11. The number of ketones is 1. The Morgan fingerprint density at radius 2 is 1.92 bits per heavy atom. The molecule has 0 saturated heterocycles. The Morgan fingerprint density at radius 3 is 2.42 bits per heavy atom. The van der Waals surface area contributed by atoms with Gasteiger partial charge < -0.3 is 0 Å². The van der Waals surface area contributed by atoms with Crippen molar-refractivity contribution in [3.8, 4) is 0 Å². The van der Waals surface area contributed by atoms with E-state index in [0.717, 1.165) is 9.99 Å². The van der Waals surface area contributed by atoms with E-state index >= 15 is 0 Å². The fourth-order valence-corrected chi connectivity index (χ4v) is 1.48. The first-order chi connectivity index (χ1) is 5.74. The van der Waals surface area contributed by atoms with Gasteiger partial charge in [0, 0.05) is 21.4 Å². The Morgan fingerprint density at radius 1 is 1.33 bits per heavy atom. The topological polar surface area (TPSA) is 17.1 Å². The largest absolute Gasteiger partial charge is 0.294 e. The lowest BCUT2D eigenvalue weighted by Gasteiger charge is -1.97. The summed E-state index contributed by atoms with van der Waals surface area (Å²) in [7, 11) is 0. The smallest absolute Gasteiger partial charge is 0.163 e. The van der Waals surface area contributed by atoms with Crippen molar-refractivity contribution < 1.29 is 4.79 Å². The number of alkyl halides is 1. The molecule has 3 heteroatoms. The van der Waals surface area contributed by atoms with Gasteiger partial charge in [-0.3, -0.25) is 4.79 Å². The molecule has 0 saturated carbocycles. The maximum Gasteiger partial charge on any atom is 0.163 e. The summed E-state index contributed by atoms with van der Waals surface area (Å²) in [4.78, 5) is 11.3. The second-order valence-corrected chi connectivity index (χ2v) is 3.88. The summed E-state index contributed by atoms with van der Waals surface area (Å²) in [5.41, 5.74) is 0.746. The van der Waals surface area contributed by atoms with Gasteiger partial charge >= 0.3 is 0 Å². The minimum atomic E-state index is 0.182. The Kier molecular flexibility index (Phi) is 4.01. The lowest BCUT2D eigenvalue weighted by atomic mass is 10.1. The van der Waals surface area contributed by atoms with Crippen molar-refractivity contribution >= 4 is 40.0 Å². The molecule has 0 bridgehead atoms. The predicted molar refractivity (Wildman–Crippen MR) is 59.3 cm³/mol. The minimum Gasteiger partial charge on any atom is -0.294 e. The molecule has 0 aliphatic heterocycles. The van der Waals surface area contributed by atoms with Crippen LogP contribution in [0.5, 0.6) is 0 Å². The molecule has 0 atom stereocenters. The van der Waals surface area contributed by atoms with Crippen LogP contribution in [0.1, 0.15) is 16.8 Å². The molecule has 0 heterocycles. The molecule has 0 aromatic heterocycles. The first-order valence-corrected chi connectivity index (χ1v) is 5.49. The molecule has 1 aromatic carbocycles. The summed E-state index contributed by atoms with van der Waals surface area (Å²) in [6, 6.07) is 7.00. The number of hydrogen-bond donors (Lipinski definition) is 0. The standard InChI is InChI=1S/C9H8ClIO/c10-8-3-1-7(2-4-8)9(12)5-6-11/h1-4H,5-6H2. The highest BCUT2D eigenvalue weighted by Gasteiger charge is 2.03. The summed E-state index contributed by atoms with van der Waals surface area (Å²) in [6.45, 7) is 0. The number of carbonyl (C=O) groups excluding carboxylic acids is 1. The van der Waals surface area contributed by atoms with Gasteiger partial charge in [-0.25, -0.2) is 0 Å². The van der Waals surface area contributed by atoms with Crippen LogP contribution in [-0.2, 0) is 0 Å². The van der Waals surface area contributed by atoms with Gasteiger partial charge in [-0.05, 0) is 24.3 Å². The summed E-state index contributed by atoms with van der Waals surface area (Å²) in [5, 5.41) is 0.668. The van der Waals surface area contributed by atoms with Crippen molar-refractivity contribution in [1.29, 1.82) is 0 Å². The van der Waals surface area contributed by atoms with Crippen molar-refractivity contribution in [1.82, 2.24) is 0 Å². The third kappa shape index (κ3) is 2.75. The maximum atomic E-state index is 11.3. The molecule has 0 aliphatic carbocycles. The molecular formula is C9H8ClIO. The Bertz CT molecular complexity index is 268. The monoisotopic (exact) mass is 294 g/mol. The van der Waals surface area contributed by atoms with E-state index in [2.05, 4.69) is 22.6 Å². The second kappa shape index (κ2) is 4.82. The van der Waals surface area contributed by atoms with E-state index in [0.29, 0.717) is 11.4 Å². The first-order valence-electron chi connectivity index (χ1n) is 3.59. The van der Waals surface area contributed by atoms with E-state index in [4.69, 9.17) is 11.6 Å². The SMILES string of the molecule is O=C(CCI)c1ccc(Cl)cc1. The van der Waals surface area contributed by atoms with Crippen LogP contribution < -0.4 is 0 Å². The van der Waals surface area contributed by atoms with Crippen molar-refractivity contribution in [2.75, 3.05) is 4.43 Å². The molecule has 64 valence electrons. The molecule has 1 nitrogen and oxygen atoms in total. The van der Waals surface area contributed by atoms with Crippen LogP contribution in [0.3, 0.4) is 0 Å². The Balaban J connectivity index is 2.75. The summed E-state index contributed by atoms with van der Waals surface area (Å²) >= 11 is 7.87. The van der Waals surface area contributed by atoms with Crippen molar-refractivity contribution in [3.05, 3.63) is 34.9 Å². The Hall–Kier alpha value is -0.0900. The van der Waals surface area contributed by atoms with Gasteiger partial charge in [0.2, 0.25) is 0 Å². The zero-order valence-corrected chi connectivity index (χ0v) is 9.30. The Labute approximate surface area is 90.3 Å². The minimum absolute atomic E-state index is 0.182. The van der Waals surface area contributed by atoms with Gasteiger partial charge in [-0.1, -0.05) is 34.2 Å². The van der Waals surface area contributed by atoms with E-state index < -0.39 is 0 Å². The van der Waals surface area contributed by atoms with Crippen molar-refractivity contribution in [3.63, 3.8) is 0 Å². The van der Waals surface area contributed by atoms with Crippen molar-refractivity contribution in [2.24, 2.45) is 0 Å². The van der Waals surface area contributed by atoms with Crippen LogP contribution >= 0.6 is 34.2 Å². The van der Waals surface area contributed by atoms with Gasteiger partial charge in [0.1, 0.15) is 0 Å². The molecule has 1 aromatic rings. The van der Waals surface area contributed by atoms with Gasteiger partial charge in [-0.2, -0.15) is 0 Å². The van der Waals surface area contributed by atoms with E-state index in [-0.39, 0.29) is 5.78 Å². The van der Waals surface area contributed by atoms with Crippen molar-refractivity contribution in [2.45, 2.75) is 6.42 Å². The predicted octanol–water partition coefficient (Wildman–Crippen LogP) is 3.35. The average Bonchev–Trinajstić information content (AvgIpc) is 2.06. The van der Waals surface area contributed by atoms with Crippen LogP contribution in [0.25, 0.3) is 0 Å². The molecule has 0 amide bonds. The first kappa shape index (κ1) is 9.99. The number of carbonyl (C=O) groups is 1. The third-order valence-corrected chi connectivity index (χ3v) is 2.28. The molecule has 0 radical (unpaired) electrons. The fraction of sp³-hybridized carbons (Fsp3) is 0.222. The molecule has 0 spiro atoms. The highest BCUT2D eigenvalue weighted by atomic mass is 127. The third-order valence-electron chi connectivity index (χ3n) is 1.49. The molecule has 0 aliphatic rings. The van der Waals surface area contributed by atoms with Crippen LogP contribution in [0.2, 0.25) is 5.02 Å². The van der Waals surface area contributed by atoms with Gasteiger partial charge in [0.15, 0.2) is 5.78 Å². The molecule has 0 N–H and O–H groups in total. The zero-order valence-electron chi connectivity index (χ0n) is 6.39. The van der Waals surface area contributed by atoms with E-state index in [1.807, 2.05) is 0 Å². The summed E-state index contributed by atoms with van der Waals surface area (Å²) in [5.74, 6) is 0.182. The highest BCUT2D eigenvalue weighted by molar-refractivity contribution is 14.1. The van der Waals surface area contributed by atoms with Gasteiger partial charge in [0.05, 0.1) is 0 Å². The quantitative estimate of drug-likeness (QED) is 0.475. The average molecular weight is 295 g/mol. The molecular weight excluding hydrogens is 286 g/mol. The van der Waals surface area contributed by atoms with E-state index in [1.54, 1.807) is 24.3 Å². The number of hydrogen-bond acceptors (Lipinski definition) is 1. The van der Waals surface area contributed by atoms with Gasteiger partial charge in [0.25, 0.3) is 0 Å². The number of benzene rings is 1. The van der Waals surface area contributed by atoms with E-state index in [9.17, 15) is 4.79 Å². The van der Waals surface area contributed by atoms with Gasteiger partial charge in [-0.15, -0.1) is 0 Å². The molecule has 0 unspecified atom stereocenters. The van der Waals surface area contributed by atoms with E-state index in [1.165, 1.54) is 0 Å². The van der Waals surface area contributed by atoms with Crippen LogP contribution in [0.4, 0.5) is 0 Å². The van der Waals surface area contributed by atoms with Crippen LogP contribution in [-0.4, -0.2) is 10.2 Å². The van der Waals surface area contributed by atoms with Crippen LogP contribution in [0, 0.1) is 0 Å². The molecule has 12 heavy (non-hydrogen) atoms. The summed E-state index contributed by atoms with van der Waals surface area (Å²) < 4.78 is 0.860. The van der Waals surface area contributed by atoms with Crippen LogP contribution in [0.15, 0.2) is 24.3 Å². The lowest BCUT2D eigenvalue weighted by molar-refractivity contribution is 0.0990. The normalized spacial score (nSPS) is 9.83. The fourth-order valence-electron chi connectivity index (χ4n) is 0.866. The zero-order chi connectivity index (χ0) is 8.97. The molecule has 1 rings (SSSR count).